The summed E-state index contributed by atoms with van der Waals surface area (Å²) >= 11 is 0. The zero-order chi connectivity index (χ0) is 25.3. The van der Waals surface area contributed by atoms with Crippen LogP contribution < -0.4 is 10.5 Å². The molecule has 0 saturated heterocycles. The Labute approximate surface area is 200 Å². The fourth-order valence-electron chi connectivity index (χ4n) is 3.99. The minimum atomic E-state index is -3.95. The Kier molecular flexibility index (Phi) is 7.34. The third kappa shape index (κ3) is 5.08. The van der Waals surface area contributed by atoms with Gasteiger partial charge in [-0.2, -0.15) is 0 Å². The molecule has 190 valence electrons. The van der Waals surface area contributed by atoms with Crippen LogP contribution in [0.2, 0.25) is 0 Å². The van der Waals surface area contributed by atoms with Crippen LogP contribution in [0.3, 0.4) is 0 Å². The molecule has 2 heterocycles. The Morgan fingerprint density at radius 3 is 2.71 bits per heavy atom. The molecule has 0 bridgehead atoms. The van der Waals surface area contributed by atoms with Gasteiger partial charge < -0.3 is 24.7 Å². The van der Waals surface area contributed by atoms with Crippen molar-refractivity contribution in [3.8, 4) is 5.75 Å². The van der Waals surface area contributed by atoms with Crippen molar-refractivity contribution in [2.24, 2.45) is 4.99 Å². The van der Waals surface area contributed by atoms with E-state index in [4.69, 9.17) is 29.7 Å². The van der Waals surface area contributed by atoms with Crippen LogP contribution in [-0.4, -0.2) is 81.2 Å². The molecule has 1 aromatic rings. The van der Waals surface area contributed by atoms with Crippen LogP contribution in [0.25, 0.3) is 0 Å². The van der Waals surface area contributed by atoms with Gasteiger partial charge in [-0.1, -0.05) is 0 Å². The lowest BCUT2D eigenvalue weighted by atomic mass is 9.87. The first kappa shape index (κ1) is 26.0. The van der Waals surface area contributed by atoms with Crippen LogP contribution in [0, 0.1) is 0 Å². The second kappa shape index (κ2) is 9.59. The highest BCUT2D eigenvalue weighted by atomic mass is 32.2. The number of rotatable bonds is 5. The number of carbonyl (C=O) groups is 1. The molecular formula is C22H34N4O7S. The number of benzene rings is 1. The average Bonchev–Trinajstić information content (AvgIpc) is 2.87. The molecule has 1 amide bonds. The van der Waals surface area contributed by atoms with Crippen LogP contribution in [-0.2, 0) is 29.8 Å². The molecule has 2 aliphatic heterocycles. The molecule has 1 aromatic carbocycles. The van der Waals surface area contributed by atoms with Crippen molar-refractivity contribution in [1.82, 2.24) is 9.21 Å². The van der Waals surface area contributed by atoms with Gasteiger partial charge in [-0.05, 0) is 45.9 Å². The molecule has 34 heavy (non-hydrogen) atoms. The van der Waals surface area contributed by atoms with Crippen molar-refractivity contribution in [3.05, 3.63) is 23.8 Å². The summed E-state index contributed by atoms with van der Waals surface area (Å²) in [4.78, 5) is 19.1. The van der Waals surface area contributed by atoms with Crippen LogP contribution in [0.1, 0.15) is 39.7 Å². The molecule has 2 aliphatic rings. The number of hydrogen-bond acceptors (Lipinski definition) is 9. The first-order valence-electron chi connectivity index (χ1n) is 11.0. The van der Waals surface area contributed by atoms with Crippen molar-refractivity contribution in [2.75, 3.05) is 46.4 Å². The third-order valence-electron chi connectivity index (χ3n) is 5.68. The number of carbonyl (C=O) groups excluding carboxylic acids is 1. The van der Waals surface area contributed by atoms with Crippen LogP contribution in [0.15, 0.2) is 23.2 Å². The van der Waals surface area contributed by atoms with Gasteiger partial charge in [0.25, 0.3) is 0 Å². The van der Waals surface area contributed by atoms with Gasteiger partial charge in [0.2, 0.25) is 16.0 Å². The Hall–Kier alpha value is -2.57. The van der Waals surface area contributed by atoms with Crippen LogP contribution in [0.4, 0.5) is 10.5 Å². The third-order valence-corrected chi connectivity index (χ3v) is 8.02. The zero-order valence-corrected chi connectivity index (χ0v) is 21.3. The van der Waals surface area contributed by atoms with Gasteiger partial charge >= 0.3 is 6.09 Å². The van der Waals surface area contributed by atoms with Crippen molar-refractivity contribution >= 4 is 27.8 Å². The van der Waals surface area contributed by atoms with E-state index < -0.39 is 32.5 Å². The van der Waals surface area contributed by atoms with Crippen molar-refractivity contribution < 1.29 is 32.2 Å². The molecule has 11 nitrogen and oxygen atoms in total. The number of fused-ring (bicyclic) bond motifs is 3. The fourth-order valence-corrected chi connectivity index (χ4v) is 5.89. The van der Waals surface area contributed by atoms with Crippen LogP contribution >= 0.6 is 0 Å². The normalized spacial score (nSPS) is 23.6. The summed E-state index contributed by atoms with van der Waals surface area (Å²) in [6.45, 7) is 7.28. The standard InChI is InChI=1S/C22H34N4O7S/c1-21(2,3)33-20(27)26(14-31-12-11-30-6)19-24-22(4)16-13-15(23)7-8-17(16)32-10-9-18(22)34(28,29)25(19)5/h7-8,13,18H,9-12,14,23H2,1-6H3/t18-,22+/m0/s1. The maximum atomic E-state index is 13.7. The number of sulfonamides is 1. The van der Waals surface area contributed by atoms with Gasteiger partial charge in [0.1, 0.15) is 28.9 Å². The summed E-state index contributed by atoms with van der Waals surface area (Å²) in [5.74, 6) is 0.392. The van der Waals surface area contributed by atoms with E-state index in [0.717, 1.165) is 9.21 Å². The summed E-state index contributed by atoms with van der Waals surface area (Å²) in [7, 11) is -1.06. The van der Waals surface area contributed by atoms with E-state index in [1.54, 1.807) is 45.9 Å². The highest BCUT2D eigenvalue weighted by Crippen LogP contribution is 2.46. The van der Waals surface area contributed by atoms with E-state index in [1.165, 1.54) is 14.2 Å². The van der Waals surface area contributed by atoms with E-state index >= 15 is 0 Å². The predicted octanol–water partition coefficient (Wildman–Crippen LogP) is 2.12. The predicted molar refractivity (Wildman–Crippen MR) is 127 cm³/mol. The van der Waals surface area contributed by atoms with Gasteiger partial charge in [0.05, 0.1) is 19.8 Å². The van der Waals surface area contributed by atoms with E-state index in [-0.39, 0.29) is 32.3 Å². The van der Waals surface area contributed by atoms with Gasteiger partial charge in [-0.3, -0.25) is 0 Å². The fraction of sp³-hybridized carbons (Fsp3) is 0.636. The van der Waals surface area contributed by atoms with Gasteiger partial charge in [-0.25, -0.2) is 27.4 Å². The highest BCUT2D eigenvalue weighted by Gasteiger charge is 2.54. The number of hydrogen-bond donors (Lipinski definition) is 1. The molecular weight excluding hydrogens is 464 g/mol. The first-order chi connectivity index (χ1) is 15.8. The summed E-state index contributed by atoms with van der Waals surface area (Å²) in [6.07, 6.45) is -0.573. The van der Waals surface area contributed by atoms with E-state index in [1.807, 2.05) is 0 Å². The number of nitrogen functional groups attached to an aromatic ring is 1. The average molecular weight is 499 g/mol. The maximum absolute atomic E-state index is 13.7. The lowest BCUT2D eigenvalue weighted by Crippen LogP contribution is -2.59. The number of aliphatic imine (C=N–C) groups is 1. The minimum absolute atomic E-state index is 0.110. The minimum Gasteiger partial charge on any atom is -0.493 e. The van der Waals surface area contributed by atoms with Crippen molar-refractivity contribution in [1.29, 1.82) is 0 Å². The number of methoxy groups -OCH3 is 1. The summed E-state index contributed by atoms with van der Waals surface area (Å²) in [5, 5.41) is -0.924. The number of amides is 1. The smallest absolute Gasteiger partial charge is 0.419 e. The summed E-state index contributed by atoms with van der Waals surface area (Å²) < 4.78 is 50.4. The first-order valence-corrected chi connectivity index (χ1v) is 12.5. The molecule has 0 fully saturated rings. The lowest BCUT2D eigenvalue weighted by Gasteiger charge is -2.43. The molecule has 0 aliphatic carbocycles. The quantitative estimate of drug-likeness (QED) is 0.371. The molecule has 0 radical (unpaired) electrons. The molecule has 0 unspecified atom stereocenters. The Morgan fingerprint density at radius 2 is 2.06 bits per heavy atom. The van der Waals surface area contributed by atoms with Gasteiger partial charge in [0.15, 0.2) is 0 Å². The van der Waals surface area contributed by atoms with Gasteiger partial charge in [0, 0.05) is 31.8 Å². The topological polar surface area (TPSA) is 133 Å². The van der Waals surface area contributed by atoms with Crippen molar-refractivity contribution in [2.45, 2.75) is 50.5 Å². The van der Waals surface area contributed by atoms with E-state index in [9.17, 15) is 13.2 Å². The largest absolute Gasteiger partial charge is 0.493 e. The monoisotopic (exact) mass is 498 g/mol. The molecule has 2 N–H and O–H groups in total. The van der Waals surface area contributed by atoms with E-state index in [2.05, 4.69) is 0 Å². The number of guanidine groups is 1. The van der Waals surface area contributed by atoms with Gasteiger partial charge in [-0.15, -0.1) is 0 Å². The number of ether oxygens (including phenoxy) is 4. The lowest BCUT2D eigenvalue weighted by molar-refractivity contribution is -0.00422. The highest BCUT2D eigenvalue weighted by molar-refractivity contribution is 7.90. The summed E-state index contributed by atoms with van der Waals surface area (Å²) in [6, 6.07) is 5.06. The Balaban J connectivity index is 2.15. The zero-order valence-electron chi connectivity index (χ0n) is 20.5. The maximum Gasteiger partial charge on any atom is 0.419 e. The molecule has 12 heteroatoms. The molecule has 0 aromatic heterocycles. The molecule has 3 rings (SSSR count). The van der Waals surface area contributed by atoms with Crippen LogP contribution in [0.5, 0.6) is 5.75 Å². The SMILES string of the molecule is COCCOCN(C(=O)OC(C)(C)C)C1=N[C@]2(C)c3cc(N)ccc3OCC[C@@H]2S(=O)(=O)N1C. The summed E-state index contributed by atoms with van der Waals surface area (Å²) in [5.41, 5.74) is 4.93. The van der Waals surface area contributed by atoms with Crippen molar-refractivity contribution in [3.63, 3.8) is 0 Å². The van der Waals surface area contributed by atoms with E-state index in [0.29, 0.717) is 23.6 Å². The Morgan fingerprint density at radius 1 is 1.35 bits per heavy atom. The number of nitrogens with zero attached hydrogens (tertiary/aromatic N) is 3. The number of anilines is 1. The second-order valence-electron chi connectivity index (χ2n) is 9.39. The molecule has 0 spiro atoms. The number of nitrogens with two attached hydrogens (primary N) is 1. The Bertz CT molecular complexity index is 1050. The molecule has 2 atom stereocenters. The second-order valence-corrected chi connectivity index (χ2v) is 11.5. The molecule has 0 saturated carbocycles.